The molecule has 1 atom stereocenters. The molecular formula is C14H21N3O3S. The number of thiazole rings is 1. The number of rotatable bonds is 6. The highest BCUT2D eigenvalue weighted by Gasteiger charge is 2.27. The lowest BCUT2D eigenvalue weighted by molar-refractivity contribution is -0.138. The van der Waals surface area contributed by atoms with E-state index in [0.717, 1.165) is 30.1 Å². The van der Waals surface area contributed by atoms with Gasteiger partial charge < -0.3 is 10.0 Å². The van der Waals surface area contributed by atoms with Crippen molar-refractivity contribution in [2.45, 2.75) is 38.3 Å². The van der Waals surface area contributed by atoms with E-state index >= 15 is 0 Å². The molecule has 1 aliphatic heterocycles. The van der Waals surface area contributed by atoms with Gasteiger partial charge in [0.05, 0.1) is 18.5 Å². The first-order valence-electron chi connectivity index (χ1n) is 7.05. The molecule has 1 amide bonds. The number of carbonyl (C=O) groups is 2. The van der Waals surface area contributed by atoms with Gasteiger partial charge in [-0.2, -0.15) is 0 Å². The number of aromatic nitrogens is 1. The summed E-state index contributed by atoms with van der Waals surface area (Å²) in [5, 5.41) is 11.7. The third-order valence-corrected chi connectivity index (χ3v) is 4.57. The van der Waals surface area contributed by atoms with Gasteiger partial charge in [0.2, 0.25) is 5.91 Å². The number of aliphatic carboxylic acids is 1. The number of likely N-dealkylation sites (tertiary alicyclic amines) is 1. The highest BCUT2D eigenvalue weighted by molar-refractivity contribution is 7.09. The van der Waals surface area contributed by atoms with E-state index in [4.69, 9.17) is 5.11 Å². The number of amides is 1. The van der Waals surface area contributed by atoms with Gasteiger partial charge in [-0.3, -0.25) is 14.5 Å². The number of carboxylic acid groups (broad SMARTS) is 1. The van der Waals surface area contributed by atoms with Crippen LogP contribution >= 0.6 is 11.3 Å². The van der Waals surface area contributed by atoms with E-state index < -0.39 is 5.97 Å². The Kier molecular flexibility index (Phi) is 5.30. The zero-order valence-electron chi connectivity index (χ0n) is 12.4. The molecule has 7 heteroatoms. The highest BCUT2D eigenvalue weighted by atomic mass is 32.1. The molecule has 0 radical (unpaired) electrons. The molecule has 116 valence electrons. The molecule has 1 aromatic heterocycles. The Balaban J connectivity index is 1.92. The first-order chi connectivity index (χ1) is 9.95. The predicted molar refractivity (Wildman–Crippen MR) is 80.2 cm³/mol. The van der Waals surface area contributed by atoms with Crippen molar-refractivity contribution in [1.82, 2.24) is 14.8 Å². The molecule has 1 aromatic rings. The van der Waals surface area contributed by atoms with E-state index in [9.17, 15) is 9.59 Å². The summed E-state index contributed by atoms with van der Waals surface area (Å²) < 4.78 is 0. The molecule has 1 aliphatic rings. The molecule has 1 fully saturated rings. The van der Waals surface area contributed by atoms with Gasteiger partial charge in [-0.25, -0.2) is 4.98 Å². The normalized spacial score (nSPS) is 18.9. The fourth-order valence-electron chi connectivity index (χ4n) is 2.53. The molecule has 0 bridgehead atoms. The van der Waals surface area contributed by atoms with Crippen molar-refractivity contribution in [3.8, 4) is 0 Å². The number of carboxylic acids is 1. The third kappa shape index (κ3) is 4.50. The summed E-state index contributed by atoms with van der Waals surface area (Å²) in [6.07, 6.45) is 2.49. The Morgan fingerprint density at radius 1 is 1.52 bits per heavy atom. The predicted octanol–water partition coefficient (Wildman–Crippen LogP) is 1.21. The van der Waals surface area contributed by atoms with Crippen LogP contribution in [0, 0.1) is 0 Å². The lowest BCUT2D eigenvalue weighted by Crippen LogP contribution is -2.31. The van der Waals surface area contributed by atoms with E-state index in [1.165, 1.54) is 11.3 Å². The van der Waals surface area contributed by atoms with Crippen molar-refractivity contribution < 1.29 is 14.7 Å². The molecule has 0 aromatic carbocycles. The van der Waals surface area contributed by atoms with Crippen LogP contribution < -0.4 is 0 Å². The molecule has 2 rings (SSSR count). The Hall–Kier alpha value is -1.47. The largest absolute Gasteiger partial charge is 0.481 e. The Morgan fingerprint density at radius 3 is 2.95 bits per heavy atom. The van der Waals surface area contributed by atoms with Crippen LogP contribution in [0.5, 0.6) is 0 Å². The minimum atomic E-state index is -0.748. The van der Waals surface area contributed by atoms with Gasteiger partial charge in [0.15, 0.2) is 0 Å². The monoisotopic (exact) mass is 311 g/mol. The molecule has 0 spiro atoms. The molecule has 6 nitrogen and oxygen atoms in total. The fraction of sp³-hybridized carbons (Fsp3) is 0.643. The fourth-order valence-corrected chi connectivity index (χ4v) is 3.31. The van der Waals surface area contributed by atoms with Gasteiger partial charge in [-0.15, -0.1) is 11.3 Å². The summed E-state index contributed by atoms with van der Waals surface area (Å²) in [5.41, 5.74) is 0.929. The number of likely N-dealkylation sites (N-methyl/N-ethyl adjacent to an activating group) is 1. The molecule has 2 heterocycles. The van der Waals surface area contributed by atoms with Crippen molar-refractivity contribution in [2.75, 3.05) is 20.6 Å². The third-order valence-electron chi connectivity index (χ3n) is 3.67. The summed E-state index contributed by atoms with van der Waals surface area (Å²) >= 11 is 1.49. The van der Waals surface area contributed by atoms with E-state index in [1.807, 2.05) is 5.38 Å². The smallest absolute Gasteiger partial charge is 0.304 e. The first-order valence-corrected chi connectivity index (χ1v) is 7.93. The van der Waals surface area contributed by atoms with Crippen molar-refractivity contribution in [3.63, 3.8) is 0 Å². The average Bonchev–Trinajstić information content (AvgIpc) is 3.00. The maximum atomic E-state index is 11.7. The van der Waals surface area contributed by atoms with Gasteiger partial charge >= 0.3 is 5.97 Å². The minimum absolute atomic E-state index is 0.0424. The lowest BCUT2D eigenvalue weighted by atomic mass is 10.1. The Morgan fingerprint density at radius 2 is 2.29 bits per heavy atom. The van der Waals surface area contributed by atoms with Crippen LogP contribution in [0.1, 0.15) is 30.0 Å². The molecule has 1 N–H and O–H groups in total. The molecule has 1 saturated heterocycles. The van der Waals surface area contributed by atoms with E-state index in [2.05, 4.69) is 9.88 Å². The Labute approximate surface area is 128 Å². The summed E-state index contributed by atoms with van der Waals surface area (Å²) in [6, 6.07) is 0.107. The second-order valence-corrected chi connectivity index (χ2v) is 6.50. The number of nitrogens with zero attached hydrogens (tertiary/aromatic N) is 3. The maximum absolute atomic E-state index is 11.7. The lowest BCUT2D eigenvalue weighted by Gasteiger charge is -2.21. The topological polar surface area (TPSA) is 73.7 Å². The van der Waals surface area contributed by atoms with Crippen LogP contribution in [0.2, 0.25) is 0 Å². The van der Waals surface area contributed by atoms with Crippen molar-refractivity contribution in [1.29, 1.82) is 0 Å². The van der Waals surface area contributed by atoms with Crippen LogP contribution in [0.3, 0.4) is 0 Å². The van der Waals surface area contributed by atoms with Crippen LogP contribution in [-0.4, -0.2) is 58.4 Å². The van der Waals surface area contributed by atoms with Crippen LogP contribution in [0.15, 0.2) is 5.38 Å². The zero-order valence-corrected chi connectivity index (χ0v) is 13.2. The van der Waals surface area contributed by atoms with Crippen molar-refractivity contribution >= 4 is 23.2 Å². The number of carbonyl (C=O) groups excluding carboxylic acids is 1. The van der Waals surface area contributed by atoms with Gasteiger partial charge in [0, 0.05) is 32.1 Å². The summed E-state index contributed by atoms with van der Waals surface area (Å²) in [7, 11) is 3.47. The van der Waals surface area contributed by atoms with E-state index in [0.29, 0.717) is 13.0 Å². The number of hydrogen-bond acceptors (Lipinski definition) is 5. The Bertz CT molecular complexity index is 515. The summed E-state index contributed by atoms with van der Waals surface area (Å²) in [5.74, 6) is -0.705. The van der Waals surface area contributed by atoms with E-state index in [-0.39, 0.29) is 18.4 Å². The highest BCUT2D eigenvalue weighted by Crippen LogP contribution is 2.23. The van der Waals surface area contributed by atoms with Crippen LogP contribution in [0.25, 0.3) is 0 Å². The number of hydrogen-bond donors (Lipinski definition) is 1. The molecule has 0 aliphatic carbocycles. The standard InChI is InChI=1S/C14H21N3O3S/c1-16(2)13(18)7-12-15-10(9-21-12)8-17-5-3-4-11(17)6-14(19)20/h9,11H,3-8H2,1-2H3,(H,19,20). The first kappa shape index (κ1) is 15.9. The molecule has 1 unspecified atom stereocenters. The van der Waals surface area contributed by atoms with Gasteiger partial charge in [-0.1, -0.05) is 0 Å². The average molecular weight is 311 g/mol. The van der Waals surface area contributed by atoms with Gasteiger partial charge in [-0.05, 0) is 19.4 Å². The van der Waals surface area contributed by atoms with Gasteiger partial charge in [0.1, 0.15) is 5.01 Å². The van der Waals surface area contributed by atoms with Crippen molar-refractivity contribution in [3.05, 3.63) is 16.1 Å². The zero-order chi connectivity index (χ0) is 15.4. The summed E-state index contributed by atoms with van der Waals surface area (Å²) in [4.78, 5) is 30.7. The SMILES string of the molecule is CN(C)C(=O)Cc1nc(CN2CCCC2CC(=O)O)cs1. The summed E-state index contributed by atoms with van der Waals surface area (Å²) in [6.45, 7) is 1.59. The quantitative estimate of drug-likeness (QED) is 0.855. The van der Waals surface area contributed by atoms with E-state index in [1.54, 1.807) is 19.0 Å². The molecule has 21 heavy (non-hydrogen) atoms. The van der Waals surface area contributed by atoms with Crippen LogP contribution in [-0.2, 0) is 22.6 Å². The second-order valence-electron chi connectivity index (χ2n) is 5.56. The molecular weight excluding hydrogens is 290 g/mol. The molecule has 0 saturated carbocycles. The van der Waals surface area contributed by atoms with Crippen LogP contribution in [0.4, 0.5) is 0 Å². The second kappa shape index (κ2) is 7.00. The minimum Gasteiger partial charge on any atom is -0.481 e. The maximum Gasteiger partial charge on any atom is 0.304 e. The van der Waals surface area contributed by atoms with Gasteiger partial charge in [0.25, 0.3) is 0 Å². The van der Waals surface area contributed by atoms with Crippen molar-refractivity contribution in [2.24, 2.45) is 0 Å².